The Morgan fingerprint density at radius 3 is 2.38 bits per heavy atom. The van der Waals surface area contributed by atoms with E-state index >= 15 is 0 Å². The van der Waals surface area contributed by atoms with Crippen LogP contribution in [0.1, 0.15) is 22.1 Å². The number of fused-ring (bicyclic) bond motifs is 1. The summed E-state index contributed by atoms with van der Waals surface area (Å²) in [6.07, 6.45) is 6.94. The number of halogens is 2. The van der Waals surface area contributed by atoms with Crippen LogP contribution in [0.3, 0.4) is 0 Å². The first-order chi connectivity index (χ1) is 16.5. The molecule has 4 aromatic rings. The zero-order chi connectivity index (χ0) is 23.5. The molecular formula is C24H26F2N6O2. The lowest BCUT2D eigenvalue weighted by Crippen LogP contribution is -2.22. The number of ether oxygens (including phenoxy) is 1. The number of hydrogen-bond donors (Lipinski definition) is 2. The van der Waals surface area contributed by atoms with Crippen molar-refractivity contribution in [3.8, 4) is 11.6 Å². The van der Waals surface area contributed by atoms with Gasteiger partial charge in [-0.1, -0.05) is 18.2 Å². The van der Waals surface area contributed by atoms with E-state index in [4.69, 9.17) is 0 Å². The second-order valence-electron chi connectivity index (χ2n) is 8.08. The summed E-state index contributed by atoms with van der Waals surface area (Å²) in [5.41, 5.74) is 1.43. The zero-order valence-electron chi connectivity index (χ0n) is 18.1. The topological polar surface area (TPSA) is 94.0 Å². The van der Waals surface area contributed by atoms with Crippen molar-refractivity contribution in [3.05, 3.63) is 77.5 Å². The molecular weight excluding hydrogens is 442 g/mol. The largest absolute Gasteiger partial charge is 0.415 e. The number of nitrogens with one attached hydrogen (secondary N) is 2. The summed E-state index contributed by atoms with van der Waals surface area (Å²) in [4.78, 5) is 24.9. The van der Waals surface area contributed by atoms with Crippen molar-refractivity contribution in [2.24, 2.45) is 0 Å². The van der Waals surface area contributed by atoms with Gasteiger partial charge in [-0.2, -0.15) is 8.78 Å². The van der Waals surface area contributed by atoms with Gasteiger partial charge in [0, 0.05) is 21.0 Å². The van der Waals surface area contributed by atoms with Gasteiger partial charge in [-0.05, 0) is 48.9 Å². The van der Waals surface area contributed by atoms with Crippen LogP contribution in [0.15, 0.2) is 71.9 Å². The van der Waals surface area contributed by atoms with Crippen molar-refractivity contribution in [3.63, 3.8) is 0 Å². The zero-order valence-corrected chi connectivity index (χ0v) is 18.1. The fourth-order valence-electron chi connectivity index (χ4n) is 4.26. The third-order valence-electron chi connectivity index (χ3n) is 5.78. The Kier molecular flexibility index (Phi) is 6.03. The molecule has 34 heavy (non-hydrogen) atoms. The number of benzene rings is 1. The van der Waals surface area contributed by atoms with E-state index in [1.165, 1.54) is 12.4 Å². The highest BCUT2D eigenvalue weighted by Gasteiger charge is 2.25. The monoisotopic (exact) mass is 468 g/mol. The van der Waals surface area contributed by atoms with E-state index in [-0.39, 0.29) is 26.4 Å². The van der Waals surface area contributed by atoms with E-state index in [2.05, 4.69) is 30.3 Å². The summed E-state index contributed by atoms with van der Waals surface area (Å²) in [6, 6.07) is 15.2. The van der Waals surface area contributed by atoms with E-state index in [1.807, 2.05) is 42.5 Å². The van der Waals surface area contributed by atoms with Gasteiger partial charge in [-0.15, -0.1) is 0 Å². The van der Waals surface area contributed by atoms with Gasteiger partial charge >= 0.3 is 6.61 Å². The van der Waals surface area contributed by atoms with Crippen LogP contribution in [0.5, 0.6) is 5.88 Å². The maximum absolute atomic E-state index is 12.5. The molecule has 1 saturated carbocycles. The first-order valence-corrected chi connectivity index (χ1v) is 10.9. The number of pyridine rings is 2. The van der Waals surface area contributed by atoms with Crippen molar-refractivity contribution in [1.82, 2.24) is 19.5 Å². The number of anilines is 2. The van der Waals surface area contributed by atoms with E-state index in [0.717, 1.165) is 36.0 Å². The lowest BCUT2D eigenvalue weighted by atomic mass is 10.2. The normalized spacial score (nSPS) is 17.7. The minimum Gasteiger partial charge on any atom is -0.415 e. The molecule has 0 unspecified atom stereocenters. The number of hydrogen-bond acceptors (Lipinski definition) is 7. The summed E-state index contributed by atoms with van der Waals surface area (Å²) in [7, 11) is 0. The minimum atomic E-state index is -2.93. The van der Waals surface area contributed by atoms with Crippen LogP contribution in [0.4, 0.5) is 20.4 Å². The molecule has 1 aliphatic rings. The Hall–Kier alpha value is -4.08. The van der Waals surface area contributed by atoms with E-state index in [0.29, 0.717) is 11.5 Å². The predicted octanol–water partition coefficient (Wildman–Crippen LogP) is 4.71. The maximum Gasteiger partial charge on any atom is 0.388 e. The number of alkyl halides is 2. The number of para-hydroxylation sites is 1. The lowest BCUT2D eigenvalue weighted by molar-refractivity contribution is -0.0530. The Balaban J connectivity index is 0.00000180. The van der Waals surface area contributed by atoms with Crippen LogP contribution in [-0.4, -0.2) is 38.2 Å². The fourth-order valence-corrected chi connectivity index (χ4v) is 4.26. The molecule has 1 aliphatic carbocycles. The van der Waals surface area contributed by atoms with Crippen LogP contribution in [0, 0.1) is 0 Å². The smallest absolute Gasteiger partial charge is 0.388 e. The van der Waals surface area contributed by atoms with Crippen LogP contribution < -0.4 is 20.9 Å². The summed E-state index contributed by atoms with van der Waals surface area (Å²) >= 11 is 0. The lowest BCUT2D eigenvalue weighted by Gasteiger charge is -2.16. The third-order valence-corrected chi connectivity index (χ3v) is 5.78. The summed E-state index contributed by atoms with van der Waals surface area (Å²) in [5, 5.41) is 7.70. The molecule has 2 N–H and O–H groups in total. The average molecular weight is 469 g/mol. The van der Waals surface area contributed by atoms with Crippen LogP contribution in [0.2, 0.25) is 0 Å². The molecule has 8 nitrogen and oxygen atoms in total. The predicted molar refractivity (Wildman–Crippen MR) is 129 cm³/mol. The molecule has 5 rings (SSSR count). The Bertz CT molecular complexity index is 1340. The van der Waals surface area contributed by atoms with Crippen LogP contribution in [-0.2, 0) is 0 Å². The van der Waals surface area contributed by atoms with Crippen molar-refractivity contribution in [1.29, 1.82) is 0 Å². The van der Waals surface area contributed by atoms with Crippen LogP contribution >= 0.6 is 0 Å². The molecule has 0 bridgehead atoms. The van der Waals surface area contributed by atoms with Gasteiger partial charge in [0.15, 0.2) is 0 Å². The van der Waals surface area contributed by atoms with Crippen molar-refractivity contribution >= 4 is 22.5 Å². The minimum absolute atomic E-state index is 0. The molecule has 10 heteroatoms. The van der Waals surface area contributed by atoms with Gasteiger partial charge in [0.2, 0.25) is 5.88 Å². The van der Waals surface area contributed by atoms with Crippen LogP contribution in [0.25, 0.3) is 16.6 Å². The van der Waals surface area contributed by atoms with Crippen molar-refractivity contribution in [2.75, 3.05) is 10.6 Å². The standard InChI is InChI=1S/C24H22F2N6O2.2H2/c25-24(26)34-22-14-28-21(13-29-22)31-17-7-6-16(11-17)30-20-9-8-18(12-27-20)32-19-4-2-1-3-15(19)5-10-23(32)33;;/h1-5,8-10,12-14,16-17,24H,6-7,11H2,(H,27,30)(H,28,31);2*1H/t16-,17-;;/m0../s1. The fraction of sp³-hybridized carbons (Fsp3) is 0.250. The molecule has 0 spiro atoms. The van der Waals surface area contributed by atoms with Gasteiger partial charge in [-0.25, -0.2) is 15.0 Å². The Morgan fingerprint density at radius 2 is 1.68 bits per heavy atom. The second-order valence-corrected chi connectivity index (χ2v) is 8.08. The summed E-state index contributed by atoms with van der Waals surface area (Å²) in [5.74, 6) is 1.03. The van der Waals surface area contributed by atoms with E-state index < -0.39 is 6.61 Å². The summed E-state index contributed by atoms with van der Waals surface area (Å²) < 4.78 is 30.3. The molecule has 0 aliphatic heterocycles. The number of aromatic nitrogens is 4. The first-order valence-electron chi connectivity index (χ1n) is 10.9. The quantitative estimate of drug-likeness (QED) is 0.406. The molecule has 0 radical (unpaired) electrons. The Labute approximate surface area is 196 Å². The molecule has 3 aromatic heterocycles. The molecule has 2 atom stereocenters. The van der Waals surface area contributed by atoms with Gasteiger partial charge < -0.3 is 15.4 Å². The van der Waals surface area contributed by atoms with Gasteiger partial charge in [0.05, 0.1) is 29.8 Å². The molecule has 178 valence electrons. The van der Waals surface area contributed by atoms with Gasteiger partial charge in [-0.3, -0.25) is 9.36 Å². The highest BCUT2D eigenvalue weighted by atomic mass is 19.3. The highest BCUT2D eigenvalue weighted by molar-refractivity contribution is 5.80. The highest BCUT2D eigenvalue weighted by Crippen LogP contribution is 2.25. The van der Waals surface area contributed by atoms with Crippen molar-refractivity contribution in [2.45, 2.75) is 38.0 Å². The summed E-state index contributed by atoms with van der Waals surface area (Å²) in [6.45, 7) is -2.93. The van der Waals surface area contributed by atoms with E-state index in [9.17, 15) is 13.6 Å². The van der Waals surface area contributed by atoms with Crippen molar-refractivity contribution < 1.29 is 16.4 Å². The number of rotatable bonds is 7. The SMILES string of the molecule is O=c1ccc2ccccc2n1-c1ccc(N[C@H]2CC[C@H](Nc3cnc(OC(F)F)cn3)C2)nc1.[HH].[HH]. The number of nitrogens with zero attached hydrogens (tertiary/aromatic N) is 4. The molecule has 1 fully saturated rings. The molecule has 1 aromatic carbocycles. The first kappa shape index (κ1) is 21.7. The molecule has 0 amide bonds. The molecule has 0 saturated heterocycles. The second kappa shape index (κ2) is 9.42. The Morgan fingerprint density at radius 1 is 0.912 bits per heavy atom. The maximum atomic E-state index is 12.5. The van der Waals surface area contributed by atoms with Gasteiger partial charge in [0.1, 0.15) is 11.6 Å². The molecule has 3 heterocycles. The average Bonchev–Trinajstić information content (AvgIpc) is 3.27. The third kappa shape index (κ3) is 4.80. The van der Waals surface area contributed by atoms with E-state index in [1.54, 1.807) is 16.8 Å². The van der Waals surface area contributed by atoms with Gasteiger partial charge in [0.25, 0.3) is 5.56 Å².